The number of hydrogen-bond donors (Lipinski definition) is 1. The van der Waals surface area contributed by atoms with Gasteiger partial charge >= 0.3 is 5.97 Å². The molecule has 1 aromatic carbocycles. The Balaban J connectivity index is 1.82. The molecule has 5 nitrogen and oxygen atoms in total. The van der Waals surface area contributed by atoms with Crippen molar-refractivity contribution in [2.75, 3.05) is 13.1 Å². The average molecular weight is 349 g/mol. The molecule has 0 aliphatic carbocycles. The number of rotatable bonds is 4. The molecule has 2 heterocycles. The Labute approximate surface area is 146 Å². The molecule has 128 valence electrons. The number of nitrogens with zero attached hydrogens (tertiary/aromatic N) is 2. The molecule has 1 aliphatic rings. The number of carboxylic acid groups (broad SMARTS) is 1. The van der Waals surface area contributed by atoms with E-state index in [1.165, 1.54) is 0 Å². The highest BCUT2D eigenvalue weighted by molar-refractivity contribution is 6.30. The van der Waals surface area contributed by atoms with Crippen molar-refractivity contribution in [1.82, 2.24) is 9.88 Å². The Morgan fingerprint density at radius 2 is 2.04 bits per heavy atom. The lowest BCUT2D eigenvalue weighted by molar-refractivity contribution is -0.142. The molecule has 1 aromatic heterocycles. The number of carbonyl (C=O) groups is 1. The first-order valence-corrected chi connectivity index (χ1v) is 8.44. The van der Waals surface area contributed by atoms with Crippen molar-refractivity contribution in [3.8, 4) is 11.3 Å². The second kappa shape index (κ2) is 6.57. The van der Waals surface area contributed by atoms with Gasteiger partial charge in [0, 0.05) is 23.7 Å². The summed E-state index contributed by atoms with van der Waals surface area (Å²) in [5.41, 5.74) is 1.75. The van der Waals surface area contributed by atoms with E-state index in [9.17, 15) is 9.90 Å². The molecule has 0 radical (unpaired) electrons. The normalized spacial score (nSPS) is 22.7. The van der Waals surface area contributed by atoms with Gasteiger partial charge in [-0.05, 0) is 44.0 Å². The van der Waals surface area contributed by atoms with Gasteiger partial charge in [0.15, 0.2) is 5.76 Å². The van der Waals surface area contributed by atoms with Crippen LogP contribution in [0.5, 0.6) is 0 Å². The van der Waals surface area contributed by atoms with Crippen LogP contribution in [-0.2, 0) is 4.79 Å². The molecule has 1 aliphatic heterocycles. The fourth-order valence-corrected chi connectivity index (χ4v) is 3.39. The molecule has 1 N–H and O–H groups in total. The number of aryl methyl sites for hydroxylation is 1. The van der Waals surface area contributed by atoms with Gasteiger partial charge in [-0.1, -0.05) is 18.5 Å². The number of oxazole rings is 1. The summed E-state index contributed by atoms with van der Waals surface area (Å²) in [5, 5.41) is 9.97. The molecular formula is C18H21ClN2O3. The van der Waals surface area contributed by atoms with Crippen LogP contribution in [0.3, 0.4) is 0 Å². The third-order valence-electron chi connectivity index (χ3n) is 4.78. The number of carboxylic acids is 1. The topological polar surface area (TPSA) is 66.6 Å². The maximum absolute atomic E-state index is 11.3. The van der Waals surface area contributed by atoms with Crippen LogP contribution in [0.4, 0.5) is 0 Å². The average Bonchev–Trinajstić information content (AvgIpc) is 3.11. The van der Waals surface area contributed by atoms with Crippen LogP contribution in [0.15, 0.2) is 28.7 Å². The summed E-state index contributed by atoms with van der Waals surface area (Å²) in [4.78, 5) is 18.0. The molecule has 24 heavy (non-hydrogen) atoms. The van der Waals surface area contributed by atoms with Crippen molar-refractivity contribution < 1.29 is 14.3 Å². The van der Waals surface area contributed by atoms with Gasteiger partial charge in [-0.15, -0.1) is 0 Å². The van der Waals surface area contributed by atoms with Crippen molar-refractivity contribution >= 4 is 17.6 Å². The molecular weight excluding hydrogens is 328 g/mol. The van der Waals surface area contributed by atoms with Crippen LogP contribution in [0.2, 0.25) is 5.02 Å². The van der Waals surface area contributed by atoms with Gasteiger partial charge < -0.3 is 9.52 Å². The Morgan fingerprint density at radius 1 is 1.38 bits per heavy atom. The SMILES string of the molecule is Cc1nc(C(C)N2C[C@@H](C)[C@H](C(=O)O)C2)oc1-c1ccc(Cl)cc1. The number of aliphatic carboxylic acids is 1. The second-order valence-corrected chi connectivity index (χ2v) is 6.96. The summed E-state index contributed by atoms with van der Waals surface area (Å²) in [6.45, 7) is 7.15. The molecule has 1 unspecified atom stereocenters. The Bertz CT molecular complexity index is 741. The first-order valence-electron chi connectivity index (χ1n) is 8.07. The lowest BCUT2D eigenvalue weighted by atomic mass is 9.99. The van der Waals surface area contributed by atoms with E-state index < -0.39 is 5.97 Å². The van der Waals surface area contributed by atoms with Gasteiger partial charge in [0.1, 0.15) is 0 Å². The van der Waals surface area contributed by atoms with E-state index in [0.717, 1.165) is 23.6 Å². The molecule has 1 fully saturated rings. The van der Waals surface area contributed by atoms with E-state index in [2.05, 4.69) is 9.88 Å². The van der Waals surface area contributed by atoms with Gasteiger partial charge in [0.2, 0.25) is 5.89 Å². The minimum atomic E-state index is -0.734. The van der Waals surface area contributed by atoms with Crippen LogP contribution in [0.25, 0.3) is 11.3 Å². The first-order chi connectivity index (χ1) is 11.4. The predicted molar refractivity (Wildman–Crippen MR) is 92.0 cm³/mol. The molecule has 2 aromatic rings. The van der Waals surface area contributed by atoms with Gasteiger partial charge in [0.25, 0.3) is 0 Å². The highest BCUT2D eigenvalue weighted by Crippen LogP contribution is 2.33. The Kier molecular flexibility index (Phi) is 4.65. The zero-order chi connectivity index (χ0) is 17.4. The van der Waals surface area contributed by atoms with Crippen molar-refractivity contribution in [2.24, 2.45) is 11.8 Å². The quantitative estimate of drug-likeness (QED) is 0.904. The van der Waals surface area contributed by atoms with Crippen LogP contribution in [0.1, 0.15) is 31.5 Å². The van der Waals surface area contributed by atoms with E-state index in [1.54, 1.807) is 0 Å². The van der Waals surface area contributed by atoms with E-state index in [-0.39, 0.29) is 17.9 Å². The lowest BCUT2D eigenvalue weighted by Crippen LogP contribution is -2.26. The van der Waals surface area contributed by atoms with Crippen molar-refractivity contribution in [3.63, 3.8) is 0 Å². The molecule has 1 saturated heterocycles. The molecule has 3 rings (SSSR count). The Hall–Kier alpha value is -1.85. The van der Waals surface area contributed by atoms with Crippen molar-refractivity contribution in [1.29, 1.82) is 0 Å². The second-order valence-electron chi connectivity index (χ2n) is 6.53. The van der Waals surface area contributed by atoms with Crippen molar-refractivity contribution in [2.45, 2.75) is 26.8 Å². The van der Waals surface area contributed by atoms with Crippen LogP contribution in [-0.4, -0.2) is 34.0 Å². The van der Waals surface area contributed by atoms with E-state index in [4.69, 9.17) is 16.0 Å². The van der Waals surface area contributed by atoms with Gasteiger partial charge in [-0.3, -0.25) is 9.69 Å². The number of halogens is 1. The minimum Gasteiger partial charge on any atom is -0.481 e. The molecule has 0 saturated carbocycles. The van der Waals surface area contributed by atoms with Crippen LogP contribution >= 0.6 is 11.6 Å². The summed E-state index contributed by atoms with van der Waals surface area (Å²) in [6.07, 6.45) is 0. The number of benzene rings is 1. The van der Waals surface area contributed by atoms with E-state index >= 15 is 0 Å². The molecule has 0 amide bonds. The number of likely N-dealkylation sites (tertiary alicyclic amines) is 1. The third-order valence-corrected chi connectivity index (χ3v) is 5.03. The molecule has 6 heteroatoms. The first kappa shape index (κ1) is 17.0. The van der Waals surface area contributed by atoms with E-state index in [1.807, 2.05) is 45.0 Å². The summed E-state index contributed by atoms with van der Waals surface area (Å²) in [5.74, 6) is 0.407. The van der Waals surface area contributed by atoms with Gasteiger partial charge in [-0.2, -0.15) is 0 Å². The van der Waals surface area contributed by atoms with Gasteiger partial charge in [-0.25, -0.2) is 4.98 Å². The zero-order valence-electron chi connectivity index (χ0n) is 14.0. The number of aromatic nitrogens is 1. The zero-order valence-corrected chi connectivity index (χ0v) is 14.7. The van der Waals surface area contributed by atoms with Crippen LogP contribution < -0.4 is 0 Å². The summed E-state index contributed by atoms with van der Waals surface area (Å²) >= 11 is 5.93. The fourth-order valence-electron chi connectivity index (χ4n) is 3.26. The summed E-state index contributed by atoms with van der Waals surface area (Å²) in [6, 6.07) is 7.39. The predicted octanol–water partition coefficient (Wildman–Crippen LogP) is 4.02. The standard InChI is InChI=1S/C18H21ClN2O3/c1-10-8-21(9-15(10)18(22)23)12(3)17-20-11(2)16(24-17)13-4-6-14(19)7-5-13/h4-7,10,12,15H,8-9H2,1-3H3,(H,22,23)/t10-,12?,15-/m1/s1. The maximum atomic E-state index is 11.3. The third kappa shape index (κ3) is 3.19. The Morgan fingerprint density at radius 3 is 2.62 bits per heavy atom. The summed E-state index contributed by atoms with van der Waals surface area (Å²) < 4.78 is 6.00. The highest BCUT2D eigenvalue weighted by atomic mass is 35.5. The lowest BCUT2D eigenvalue weighted by Gasteiger charge is -2.21. The summed E-state index contributed by atoms with van der Waals surface area (Å²) in [7, 11) is 0. The van der Waals surface area contributed by atoms with Gasteiger partial charge in [0.05, 0.1) is 17.7 Å². The molecule has 3 atom stereocenters. The van der Waals surface area contributed by atoms with Crippen LogP contribution in [0, 0.1) is 18.8 Å². The maximum Gasteiger partial charge on any atom is 0.308 e. The minimum absolute atomic E-state index is 0.0587. The van der Waals surface area contributed by atoms with Crippen molar-refractivity contribution in [3.05, 3.63) is 40.9 Å². The fraction of sp³-hybridized carbons (Fsp3) is 0.444. The van der Waals surface area contributed by atoms with E-state index in [0.29, 0.717) is 17.5 Å². The number of hydrogen-bond acceptors (Lipinski definition) is 4. The largest absolute Gasteiger partial charge is 0.481 e. The molecule has 0 spiro atoms. The monoisotopic (exact) mass is 348 g/mol. The highest BCUT2D eigenvalue weighted by Gasteiger charge is 2.38. The molecule has 0 bridgehead atoms. The smallest absolute Gasteiger partial charge is 0.308 e.